The molecular formula is C10H21Cl2N3S. The van der Waals surface area contributed by atoms with Crippen LogP contribution in [0, 0.1) is 6.92 Å². The lowest BCUT2D eigenvalue weighted by atomic mass is 10.2. The van der Waals surface area contributed by atoms with Gasteiger partial charge >= 0.3 is 0 Å². The van der Waals surface area contributed by atoms with Crippen molar-refractivity contribution in [1.29, 1.82) is 0 Å². The van der Waals surface area contributed by atoms with Gasteiger partial charge in [0.05, 0.1) is 11.2 Å². The van der Waals surface area contributed by atoms with Crippen LogP contribution in [-0.4, -0.2) is 36.1 Å². The monoisotopic (exact) mass is 285 g/mol. The van der Waals surface area contributed by atoms with Crippen LogP contribution < -0.4 is 5.73 Å². The van der Waals surface area contributed by atoms with Crippen molar-refractivity contribution in [2.24, 2.45) is 5.73 Å². The van der Waals surface area contributed by atoms with Crippen LogP contribution in [0.4, 0.5) is 0 Å². The van der Waals surface area contributed by atoms with Gasteiger partial charge in [0.25, 0.3) is 0 Å². The van der Waals surface area contributed by atoms with Crippen molar-refractivity contribution in [3.8, 4) is 0 Å². The molecule has 0 bridgehead atoms. The van der Waals surface area contributed by atoms with E-state index in [9.17, 15) is 0 Å². The van der Waals surface area contributed by atoms with Crippen LogP contribution >= 0.6 is 36.2 Å². The second kappa shape index (κ2) is 9.19. The number of hydrogen-bond acceptors (Lipinski definition) is 4. The third-order valence-corrected chi connectivity index (χ3v) is 3.62. The summed E-state index contributed by atoms with van der Waals surface area (Å²) in [6.07, 6.45) is 1.08. The number of aromatic nitrogens is 1. The SMILES string of the molecule is Cc1ncsc1CCN(C)C(C)CN.Cl.Cl. The highest BCUT2D eigenvalue weighted by molar-refractivity contribution is 7.09. The average Bonchev–Trinajstić information content (AvgIpc) is 2.59. The number of nitrogens with zero attached hydrogens (tertiary/aromatic N) is 2. The fraction of sp³-hybridized carbons (Fsp3) is 0.700. The molecule has 96 valence electrons. The van der Waals surface area contributed by atoms with Crippen molar-refractivity contribution in [2.75, 3.05) is 20.1 Å². The Morgan fingerprint density at radius 1 is 1.50 bits per heavy atom. The van der Waals surface area contributed by atoms with E-state index in [1.54, 1.807) is 11.3 Å². The van der Waals surface area contributed by atoms with E-state index in [1.165, 1.54) is 10.6 Å². The van der Waals surface area contributed by atoms with Crippen LogP contribution in [0.15, 0.2) is 5.51 Å². The van der Waals surface area contributed by atoms with Crippen molar-refractivity contribution < 1.29 is 0 Å². The van der Waals surface area contributed by atoms with Gasteiger partial charge in [-0.05, 0) is 27.3 Å². The first-order valence-corrected chi connectivity index (χ1v) is 5.82. The minimum Gasteiger partial charge on any atom is -0.329 e. The Labute approximate surface area is 114 Å². The Morgan fingerprint density at radius 3 is 2.56 bits per heavy atom. The van der Waals surface area contributed by atoms with E-state index in [0.717, 1.165) is 19.5 Å². The Bertz CT molecular complexity index is 281. The predicted molar refractivity (Wildman–Crippen MR) is 76.2 cm³/mol. The van der Waals surface area contributed by atoms with Crippen LogP contribution in [0.25, 0.3) is 0 Å². The van der Waals surface area contributed by atoms with Crippen LogP contribution in [0.5, 0.6) is 0 Å². The normalized spacial score (nSPS) is 11.8. The van der Waals surface area contributed by atoms with Crippen molar-refractivity contribution in [3.05, 3.63) is 16.1 Å². The van der Waals surface area contributed by atoms with Gasteiger partial charge in [-0.1, -0.05) is 0 Å². The maximum atomic E-state index is 5.60. The highest BCUT2D eigenvalue weighted by Crippen LogP contribution is 2.13. The number of nitrogens with two attached hydrogens (primary N) is 1. The van der Waals surface area contributed by atoms with Gasteiger partial charge in [0.1, 0.15) is 0 Å². The number of likely N-dealkylation sites (N-methyl/N-ethyl adjacent to an activating group) is 1. The minimum absolute atomic E-state index is 0. The third-order valence-electron chi connectivity index (χ3n) is 2.63. The van der Waals surface area contributed by atoms with E-state index in [4.69, 9.17) is 5.73 Å². The molecule has 0 aliphatic heterocycles. The summed E-state index contributed by atoms with van der Waals surface area (Å²) in [5, 5.41) is 0. The second-order valence-corrected chi connectivity index (χ2v) is 4.62. The molecule has 0 saturated carbocycles. The number of halogens is 2. The average molecular weight is 286 g/mol. The summed E-state index contributed by atoms with van der Waals surface area (Å²) >= 11 is 1.74. The molecule has 16 heavy (non-hydrogen) atoms. The molecule has 3 nitrogen and oxygen atoms in total. The molecule has 1 rings (SSSR count). The predicted octanol–water partition coefficient (Wildman–Crippen LogP) is 2.12. The van der Waals surface area contributed by atoms with Crippen LogP contribution in [0.2, 0.25) is 0 Å². The molecule has 6 heteroatoms. The standard InChI is InChI=1S/C10H19N3S.2ClH/c1-8(6-11)13(3)5-4-10-9(2)12-7-14-10;;/h7-8H,4-6,11H2,1-3H3;2*1H. The van der Waals surface area contributed by atoms with Gasteiger partial charge in [0.15, 0.2) is 0 Å². The largest absolute Gasteiger partial charge is 0.329 e. The van der Waals surface area contributed by atoms with Gasteiger partial charge in [-0.15, -0.1) is 36.2 Å². The highest BCUT2D eigenvalue weighted by Gasteiger charge is 2.08. The first kappa shape index (κ1) is 18.5. The quantitative estimate of drug-likeness (QED) is 0.901. The molecule has 1 aromatic rings. The molecule has 1 aromatic heterocycles. The minimum atomic E-state index is 0. The van der Waals surface area contributed by atoms with E-state index >= 15 is 0 Å². The molecule has 0 fully saturated rings. The van der Waals surface area contributed by atoms with Gasteiger partial charge in [0, 0.05) is 24.0 Å². The van der Waals surface area contributed by atoms with Gasteiger partial charge in [0.2, 0.25) is 0 Å². The molecule has 2 N–H and O–H groups in total. The summed E-state index contributed by atoms with van der Waals surface area (Å²) < 4.78 is 0. The van der Waals surface area contributed by atoms with Crippen molar-refractivity contribution in [2.45, 2.75) is 26.3 Å². The van der Waals surface area contributed by atoms with Crippen molar-refractivity contribution in [1.82, 2.24) is 9.88 Å². The maximum absolute atomic E-state index is 5.60. The van der Waals surface area contributed by atoms with Gasteiger partial charge in [-0.25, -0.2) is 4.98 Å². The Kier molecular flexibility index (Phi) is 10.6. The van der Waals surface area contributed by atoms with E-state index < -0.39 is 0 Å². The van der Waals surface area contributed by atoms with E-state index in [1.807, 2.05) is 5.51 Å². The fourth-order valence-electron chi connectivity index (χ4n) is 1.24. The van der Waals surface area contributed by atoms with Crippen molar-refractivity contribution >= 4 is 36.2 Å². The first-order valence-electron chi connectivity index (χ1n) is 4.94. The lowest BCUT2D eigenvalue weighted by Crippen LogP contribution is -2.36. The molecule has 0 aromatic carbocycles. The first-order chi connectivity index (χ1) is 6.65. The van der Waals surface area contributed by atoms with Gasteiger partial charge in [-0.3, -0.25) is 0 Å². The number of rotatable bonds is 5. The molecule has 0 radical (unpaired) electrons. The lowest BCUT2D eigenvalue weighted by molar-refractivity contribution is 0.266. The van der Waals surface area contributed by atoms with E-state index in [2.05, 4.69) is 30.8 Å². The molecule has 0 amide bonds. The summed E-state index contributed by atoms with van der Waals surface area (Å²) in [5.41, 5.74) is 8.68. The second-order valence-electron chi connectivity index (χ2n) is 3.68. The van der Waals surface area contributed by atoms with Crippen LogP contribution in [0.1, 0.15) is 17.5 Å². The summed E-state index contributed by atoms with van der Waals surface area (Å²) in [6, 6.07) is 0.461. The van der Waals surface area contributed by atoms with Crippen LogP contribution in [0.3, 0.4) is 0 Å². The number of hydrogen-bond donors (Lipinski definition) is 1. The van der Waals surface area contributed by atoms with Gasteiger partial charge < -0.3 is 10.6 Å². The van der Waals surface area contributed by atoms with Crippen molar-refractivity contribution in [3.63, 3.8) is 0 Å². The van der Waals surface area contributed by atoms with E-state index in [0.29, 0.717) is 6.04 Å². The van der Waals surface area contributed by atoms with Crippen LogP contribution in [-0.2, 0) is 6.42 Å². The molecular weight excluding hydrogens is 265 g/mol. The van der Waals surface area contributed by atoms with E-state index in [-0.39, 0.29) is 24.8 Å². The summed E-state index contributed by atoms with van der Waals surface area (Å²) in [4.78, 5) is 7.92. The Morgan fingerprint density at radius 2 is 2.12 bits per heavy atom. The molecule has 1 atom stereocenters. The topological polar surface area (TPSA) is 42.2 Å². The highest BCUT2D eigenvalue weighted by atomic mass is 35.5. The zero-order chi connectivity index (χ0) is 10.6. The fourth-order valence-corrected chi connectivity index (χ4v) is 2.01. The molecule has 0 aliphatic carbocycles. The lowest BCUT2D eigenvalue weighted by Gasteiger charge is -2.22. The molecule has 1 heterocycles. The summed E-state index contributed by atoms with van der Waals surface area (Å²) in [7, 11) is 2.12. The number of thiazole rings is 1. The zero-order valence-corrected chi connectivity index (χ0v) is 12.4. The Balaban J connectivity index is 0. The maximum Gasteiger partial charge on any atom is 0.0797 e. The number of aryl methyl sites for hydroxylation is 1. The Hall–Kier alpha value is 0.130. The smallest absolute Gasteiger partial charge is 0.0797 e. The molecule has 0 aliphatic rings. The van der Waals surface area contributed by atoms with Gasteiger partial charge in [-0.2, -0.15) is 0 Å². The third kappa shape index (κ3) is 5.46. The molecule has 1 unspecified atom stereocenters. The molecule has 0 saturated heterocycles. The summed E-state index contributed by atoms with van der Waals surface area (Å²) in [6.45, 7) is 6.00. The molecule has 0 spiro atoms. The zero-order valence-electron chi connectivity index (χ0n) is 9.97. The summed E-state index contributed by atoms with van der Waals surface area (Å²) in [5.74, 6) is 0.